The zero-order valence-corrected chi connectivity index (χ0v) is 13.0. The highest BCUT2D eigenvalue weighted by molar-refractivity contribution is 7.91. The Balaban J connectivity index is 2.17. The minimum absolute atomic E-state index is 0.0130. The van der Waals surface area contributed by atoms with Crippen LogP contribution in [0.1, 0.15) is 21.7 Å². The van der Waals surface area contributed by atoms with E-state index in [0.717, 1.165) is 6.08 Å². The summed E-state index contributed by atoms with van der Waals surface area (Å²) in [7, 11) is -1.47. The van der Waals surface area contributed by atoms with Gasteiger partial charge in [0.1, 0.15) is 0 Å². The van der Waals surface area contributed by atoms with Gasteiger partial charge >= 0.3 is 5.97 Å². The summed E-state index contributed by atoms with van der Waals surface area (Å²) in [6.07, 6.45) is 2.78. The molecule has 8 heteroatoms. The molecule has 6 nitrogen and oxygen atoms in total. The Kier molecular flexibility index (Phi) is 4.48. The van der Waals surface area contributed by atoms with Crippen LogP contribution in [0.5, 0.6) is 0 Å². The zero-order valence-electron chi connectivity index (χ0n) is 11.4. The molecule has 114 valence electrons. The van der Waals surface area contributed by atoms with E-state index in [1.54, 1.807) is 18.5 Å². The van der Waals surface area contributed by atoms with E-state index in [1.165, 1.54) is 22.3 Å². The van der Waals surface area contributed by atoms with Crippen molar-refractivity contribution in [2.45, 2.75) is 12.5 Å². The normalized spacial score (nSPS) is 20.7. The van der Waals surface area contributed by atoms with Crippen LogP contribution in [0.2, 0.25) is 0 Å². The highest BCUT2D eigenvalue weighted by atomic mass is 32.2. The van der Waals surface area contributed by atoms with Crippen LogP contribution < -0.4 is 0 Å². The highest BCUT2D eigenvalue weighted by Crippen LogP contribution is 2.24. The molecule has 1 aromatic heterocycles. The molecule has 0 radical (unpaired) electrons. The van der Waals surface area contributed by atoms with Crippen LogP contribution in [0.3, 0.4) is 0 Å². The Morgan fingerprint density at radius 2 is 2.19 bits per heavy atom. The average molecular weight is 329 g/mol. The lowest BCUT2D eigenvalue weighted by atomic mass is 10.2. The predicted molar refractivity (Wildman–Crippen MR) is 80.1 cm³/mol. The van der Waals surface area contributed by atoms with Gasteiger partial charge in [-0.05, 0) is 29.5 Å². The molecule has 1 unspecified atom stereocenters. The van der Waals surface area contributed by atoms with Gasteiger partial charge in [0, 0.05) is 19.2 Å². The van der Waals surface area contributed by atoms with Crippen LogP contribution in [-0.2, 0) is 14.6 Å². The number of nitrogens with zero attached hydrogens (tertiary/aromatic N) is 1. The second-order valence-corrected chi connectivity index (χ2v) is 7.99. The molecule has 2 rings (SSSR count). The Bertz CT molecular complexity index is 689. The second-order valence-electron chi connectivity index (χ2n) is 4.85. The van der Waals surface area contributed by atoms with Crippen molar-refractivity contribution < 1.29 is 23.1 Å². The van der Waals surface area contributed by atoms with E-state index in [9.17, 15) is 18.0 Å². The highest BCUT2D eigenvalue weighted by Gasteiger charge is 2.33. The molecule has 1 saturated heterocycles. The molecule has 0 spiro atoms. The van der Waals surface area contributed by atoms with Gasteiger partial charge in [-0.3, -0.25) is 4.79 Å². The Labute approximate surface area is 126 Å². The smallest absolute Gasteiger partial charge is 0.328 e. The Hall–Kier alpha value is -1.67. The van der Waals surface area contributed by atoms with Crippen molar-refractivity contribution in [3.63, 3.8) is 0 Å². The van der Waals surface area contributed by atoms with E-state index in [2.05, 4.69) is 0 Å². The number of thiophene rings is 1. The van der Waals surface area contributed by atoms with Gasteiger partial charge in [-0.2, -0.15) is 0 Å². The van der Waals surface area contributed by atoms with Crippen molar-refractivity contribution >= 4 is 39.1 Å². The first-order valence-electron chi connectivity index (χ1n) is 6.26. The minimum atomic E-state index is -3.06. The fourth-order valence-electron chi connectivity index (χ4n) is 2.19. The zero-order chi connectivity index (χ0) is 15.6. The minimum Gasteiger partial charge on any atom is -0.478 e. The van der Waals surface area contributed by atoms with Crippen LogP contribution in [-0.4, -0.2) is 54.9 Å². The molecular formula is C13H15NO5S2. The van der Waals surface area contributed by atoms with Gasteiger partial charge in [0.25, 0.3) is 5.91 Å². The maximum absolute atomic E-state index is 12.4. The summed E-state index contributed by atoms with van der Waals surface area (Å²) in [4.78, 5) is 24.8. The van der Waals surface area contributed by atoms with E-state index >= 15 is 0 Å². The summed E-state index contributed by atoms with van der Waals surface area (Å²) < 4.78 is 23.0. The standard InChI is InChI=1S/C13H15NO5S2/c1-14(10-5-7-21(18,19)8-10)13(17)12-9(4-6-20-12)2-3-11(15)16/h2-4,6,10H,5,7-8H2,1H3,(H,15,16). The number of hydrogen-bond donors (Lipinski definition) is 1. The SMILES string of the molecule is CN(C(=O)c1sccc1C=CC(=O)O)C1CCS(=O)(=O)C1. The van der Waals surface area contributed by atoms with Gasteiger partial charge in [-0.1, -0.05) is 0 Å². The number of carboxylic acid groups (broad SMARTS) is 1. The first-order valence-corrected chi connectivity index (χ1v) is 8.96. The monoisotopic (exact) mass is 329 g/mol. The van der Waals surface area contributed by atoms with Gasteiger partial charge in [0.05, 0.1) is 16.4 Å². The van der Waals surface area contributed by atoms with Crippen molar-refractivity contribution in [1.29, 1.82) is 0 Å². The Morgan fingerprint density at radius 1 is 1.48 bits per heavy atom. The number of aliphatic carboxylic acids is 1. The van der Waals surface area contributed by atoms with E-state index in [-0.39, 0.29) is 23.5 Å². The fraction of sp³-hybridized carbons (Fsp3) is 0.385. The number of amides is 1. The van der Waals surface area contributed by atoms with Crippen molar-refractivity contribution in [2.75, 3.05) is 18.6 Å². The Morgan fingerprint density at radius 3 is 2.76 bits per heavy atom. The molecule has 21 heavy (non-hydrogen) atoms. The van der Waals surface area contributed by atoms with Gasteiger partial charge in [-0.15, -0.1) is 11.3 Å². The first kappa shape index (κ1) is 15.7. The molecule has 2 heterocycles. The molecule has 0 aromatic carbocycles. The molecule has 1 aliphatic rings. The van der Waals surface area contributed by atoms with Crippen LogP contribution in [0, 0.1) is 0 Å². The van der Waals surface area contributed by atoms with Crippen LogP contribution in [0.4, 0.5) is 0 Å². The maximum atomic E-state index is 12.4. The van der Waals surface area contributed by atoms with Crippen LogP contribution in [0.15, 0.2) is 17.5 Å². The maximum Gasteiger partial charge on any atom is 0.328 e. The summed E-state index contributed by atoms with van der Waals surface area (Å²) >= 11 is 1.21. The van der Waals surface area contributed by atoms with Gasteiger partial charge < -0.3 is 10.0 Å². The molecule has 0 aliphatic carbocycles. The van der Waals surface area contributed by atoms with Crippen molar-refractivity contribution in [3.05, 3.63) is 28.0 Å². The van der Waals surface area contributed by atoms with Crippen LogP contribution in [0.25, 0.3) is 6.08 Å². The summed E-state index contributed by atoms with van der Waals surface area (Å²) in [6.45, 7) is 0. The van der Waals surface area contributed by atoms with Crippen molar-refractivity contribution in [2.24, 2.45) is 0 Å². The number of rotatable bonds is 4. The van der Waals surface area contributed by atoms with Crippen LogP contribution >= 0.6 is 11.3 Å². The van der Waals surface area contributed by atoms with E-state index in [0.29, 0.717) is 16.9 Å². The molecule has 1 aromatic rings. The summed E-state index contributed by atoms with van der Waals surface area (Å²) in [5, 5.41) is 10.3. The number of carbonyl (C=O) groups is 2. The van der Waals surface area contributed by atoms with E-state index in [1.807, 2.05) is 0 Å². The summed E-state index contributed by atoms with van der Waals surface area (Å²) in [5.41, 5.74) is 0.528. The predicted octanol–water partition coefficient (Wildman–Crippen LogP) is 1.10. The molecule has 1 aliphatic heterocycles. The number of hydrogen-bond acceptors (Lipinski definition) is 5. The average Bonchev–Trinajstić information content (AvgIpc) is 3.00. The molecule has 1 fully saturated rings. The lowest BCUT2D eigenvalue weighted by Gasteiger charge is -2.23. The third-order valence-electron chi connectivity index (χ3n) is 3.37. The van der Waals surface area contributed by atoms with Gasteiger partial charge in [-0.25, -0.2) is 13.2 Å². The van der Waals surface area contributed by atoms with Gasteiger partial charge in [0.15, 0.2) is 9.84 Å². The largest absolute Gasteiger partial charge is 0.478 e. The number of sulfone groups is 1. The molecular weight excluding hydrogens is 314 g/mol. The van der Waals surface area contributed by atoms with Gasteiger partial charge in [0.2, 0.25) is 0 Å². The van der Waals surface area contributed by atoms with E-state index < -0.39 is 15.8 Å². The number of carboxylic acids is 1. The van der Waals surface area contributed by atoms with E-state index in [4.69, 9.17) is 5.11 Å². The molecule has 0 saturated carbocycles. The number of carbonyl (C=O) groups excluding carboxylic acids is 1. The third kappa shape index (κ3) is 3.70. The topological polar surface area (TPSA) is 91.8 Å². The molecule has 1 atom stereocenters. The van der Waals surface area contributed by atoms with Crippen molar-refractivity contribution in [3.8, 4) is 0 Å². The third-order valence-corrected chi connectivity index (χ3v) is 6.04. The molecule has 1 N–H and O–H groups in total. The molecule has 1 amide bonds. The first-order chi connectivity index (χ1) is 9.80. The fourth-order valence-corrected chi connectivity index (χ4v) is 4.83. The summed E-state index contributed by atoms with van der Waals surface area (Å²) in [5.74, 6) is -1.28. The lowest BCUT2D eigenvalue weighted by Crippen LogP contribution is -2.37. The molecule has 0 bridgehead atoms. The lowest BCUT2D eigenvalue weighted by molar-refractivity contribution is -0.131. The second kappa shape index (κ2) is 5.98. The van der Waals surface area contributed by atoms with Crippen molar-refractivity contribution in [1.82, 2.24) is 4.90 Å². The summed E-state index contributed by atoms with van der Waals surface area (Å²) in [6, 6.07) is 1.34. The quantitative estimate of drug-likeness (QED) is 0.835.